The number of aliphatic carboxylic acids is 2. The average Bonchev–Trinajstić information content (AvgIpc) is 3.04. The minimum atomic E-state index is -1.26. The van der Waals surface area contributed by atoms with Crippen molar-refractivity contribution in [1.29, 1.82) is 0 Å². The van der Waals surface area contributed by atoms with Crippen LogP contribution in [0.1, 0.15) is 17.5 Å². The number of H-pyrrole nitrogens is 1. The summed E-state index contributed by atoms with van der Waals surface area (Å²) in [6, 6.07) is 6.03. The number of carbonyl (C=O) groups excluding carboxylic acids is 1. The Bertz CT molecular complexity index is 895. The molecule has 0 unspecified atom stereocenters. The fourth-order valence-electron chi connectivity index (χ4n) is 2.75. The second-order valence-electron chi connectivity index (χ2n) is 5.92. The molecular formula is C19H21N3O5. The lowest BCUT2D eigenvalue weighted by atomic mass is 9.98. The van der Waals surface area contributed by atoms with Gasteiger partial charge in [0.2, 0.25) is 5.91 Å². The second-order valence-corrected chi connectivity index (χ2v) is 5.92. The quantitative estimate of drug-likeness (QED) is 0.501. The van der Waals surface area contributed by atoms with Gasteiger partial charge in [0.05, 0.1) is 6.42 Å². The molecule has 8 nitrogen and oxygen atoms in total. The van der Waals surface area contributed by atoms with Gasteiger partial charge in [-0.2, -0.15) is 0 Å². The Morgan fingerprint density at radius 2 is 1.85 bits per heavy atom. The van der Waals surface area contributed by atoms with Gasteiger partial charge in [0.1, 0.15) is 0 Å². The third kappa shape index (κ3) is 6.12. The normalized spacial score (nSPS) is 13.7. The van der Waals surface area contributed by atoms with Crippen LogP contribution in [0.2, 0.25) is 0 Å². The van der Waals surface area contributed by atoms with Crippen molar-refractivity contribution in [2.75, 3.05) is 13.1 Å². The van der Waals surface area contributed by atoms with E-state index in [0.29, 0.717) is 18.6 Å². The summed E-state index contributed by atoms with van der Waals surface area (Å²) in [5.74, 6) is -2.81. The highest BCUT2D eigenvalue weighted by Gasteiger charge is 2.11. The number of nitrogens with one attached hydrogen (secondary N) is 2. The van der Waals surface area contributed by atoms with Crippen LogP contribution in [0, 0.1) is 0 Å². The smallest absolute Gasteiger partial charge is 0.328 e. The SMILES string of the molecule is NC(=O)Cc1ccc2[nH]cc(C3=CCNCC3)c2c1.O=C(O)C=CC(=O)O. The number of amides is 1. The van der Waals surface area contributed by atoms with E-state index >= 15 is 0 Å². The van der Waals surface area contributed by atoms with Gasteiger partial charge in [-0.15, -0.1) is 0 Å². The van der Waals surface area contributed by atoms with E-state index < -0.39 is 11.9 Å². The van der Waals surface area contributed by atoms with Gasteiger partial charge in [-0.05, 0) is 36.2 Å². The summed E-state index contributed by atoms with van der Waals surface area (Å²) in [5.41, 5.74) is 9.93. The van der Waals surface area contributed by atoms with E-state index in [0.717, 1.165) is 30.6 Å². The van der Waals surface area contributed by atoms with E-state index in [9.17, 15) is 14.4 Å². The van der Waals surface area contributed by atoms with Crippen LogP contribution in [-0.4, -0.2) is 46.1 Å². The van der Waals surface area contributed by atoms with E-state index in [2.05, 4.69) is 28.6 Å². The molecule has 0 saturated heterocycles. The molecule has 0 aliphatic carbocycles. The van der Waals surface area contributed by atoms with Crippen molar-refractivity contribution in [2.45, 2.75) is 12.8 Å². The Kier molecular flexibility index (Phi) is 6.90. The van der Waals surface area contributed by atoms with Crippen molar-refractivity contribution in [2.24, 2.45) is 5.73 Å². The lowest BCUT2D eigenvalue weighted by Crippen LogP contribution is -2.19. The maximum absolute atomic E-state index is 11.0. The van der Waals surface area contributed by atoms with Crippen LogP contribution < -0.4 is 11.1 Å². The summed E-state index contributed by atoms with van der Waals surface area (Å²) in [4.78, 5) is 33.4. The van der Waals surface area contributed by atoms with Crippen molar-refractivity contribution < 1.29 is 24.6 Å². The molecule has 0 spiro atoms. The number of nitrogens with two attached hydrogens (primary N) is 1. The maximum atomic E-state index is 11.0. The third-order valence-electron chi connectivity index (χ3n) is 3.90. The van der Waals surface area contributed by atoms with E-state index in [1.165, 1.54) is 16.5 Å². The zero-order chi connectivity index (χ0) is 19.8. The van der Waals surface area contributed by atoms with Crippen LogP contribution in [0.15, 0.2) is 42.6 Å². The number of carbonyl (C=O) groups is 3. The first kappa shape index (κ1) is 19.9. The molecule has 142 valence electrons. The molecular weight excluding hydrogens is 350 g/mol. The summed E-state index contributed by atoms with van der Waals surface area (Å²) in [6.07, 6.45) is 6.72. The highest BCUT2D eigenvalue weighted by atomic mass is 16.4. The number of rotatable bonds is 5. The van der Waals surface area contributed by atoms with Crippen LogP contribution in [0.5, 0.6) is 0 Å². The van der Waals surface area contributed by atoms with Crippen LogP contribution in [0.4, 0.5) is 0 Å². The largest absolute Gasteiger partial charge is 0.478 e. The van der Waals surface area contributed by atoms with Crippen LogP contribution in [0.3, 0.4) is 0 Å². The molecule has 1 aliphatic heterocycles. The number of fused-ring (bicyclic) bond motifs is 1. The lowest BCUT2D eigenvalue weighted by Gasteiger charge is -2.13. The highest BCUT2D eigenvalue weighted by Crippen LogP contribution is 2.28. The van der Waals surface area contributed by atoms with Crippen molar-refractivity contribution in [3.05, 3.63) is 53.8 Å². The Labute approximate surface area is 155 Å². The first-order chi connectivity index (χ1) is 12.9. The Balaban J connectivity index is 0.000000279. The molecule has 1 aliphatic rings. The zero-order valence-electron chi connectivity index (χ0n) is 14.6. The molecule has 0 atom stereocenters. The van der Waals surface area contributed by atoms with Gasteiger partial charge in [-0.25, -0.2) is 9.59 Å². The minimum Gasteiger partial charge on any atom is -0.478 e. The van der Waals surface area contributed by atoms with E-state index in [1.54, 1.807) is 0 Å². The second kappa shape index (κ2) is 9.35. The van der Waals surface area contributed by atoms with Gasteiger partial charge in [-0.1, -0.05) is 12.1 Å². The van der Waals surface area contributed by atoms with Crippen molar-refractivity contribution in [3.8, 4) is 0 Å². The molecule has 1 amide bonds. The summed E-state index contributed by atoms with van der Waals surface area (Å²) >= 11 is 0. The monoisotopic (exact) mass is 371 g/mol. The Morgan fingerprint density at radius 1 is 1.15 bits per heavy atom. The molecule has 2 aromatic rings. The molecule has 1 aromatic heterocycles. The predicted molar refractivity (Wildman–Crippen MR) is 101 cm³/mol. The van der Waals surface area contributed by atoms with Crippen molar-refractivity contribution in [3.63, 3.8) is 0 Å². The van der Waals surface area contributed by atoms with Crippen LogP contribution in [0.25, 0.3) is 16.5 Å². The molecule has 0 bridgehead atoms. The molecule has 0 saturated carbocycles. The number of hydrogen-bond acceptors (Lipinski definition) is 4. The first-order valence-corrected chi connectivity index (χ1v) is 8.29. The van der Waals surface area contributed by atoms with Crippen molar-refractivity contribution >= 4 is 34.3 Å². The number of aromatic nitrogens is 1. The Hall–Kier alpha value is -3.39. The van der Waals surface area contributed by atoms with Crippen molar-refractivity contribution in [1.82, 2.24) is 10.3 Å². The number of aromatic amines is 1. The van der Waals surface area contributed by atoms with Gasteiger partial charge in [0.25, 0.3) is 0 Å². The predicted octanol–water partition coefficient (Wildman–Crippen LogP) is 1.28. The average molecular weight is 371 g/mol. The minimum absolute atomic E-state index is 0.293. The van der Waals surface area contributed by atoms with Crippen LogP contribution in [-0.2, 0) is 20.8 Å². The maximum Gasteiger partial charge on any atom is 0.328 e. The number of carboxylic acid groups (broad SMARTS) is 2. The summed E-state index contributed by atoms with van der Waals surface area (Å²) in [5, 5.41) is 20.1. The summed E-state index contributed by atoms with van der Waals surface area (Å²) in [7, 11) is 0. The van der Waals surface area contributed by atoms with Gasteiger partial charge >= 0.3 is 11.9 Å². The molecule has 0 fully saturated rings. The van der Waals surface area contributed by atoms with E-state index in [-0.39, 0.29) is 5.91 Å². The molecule has 27 heavy (non-hydrogen) atoms. The zero-order valence-corrected chi connectivity index (χ0v) is 14.6. The molecule has 8 heteroatoms. The first-order valence-electron chi connectivity index (χ1n) is 8.29. The molecule has 3 rings (SSSR count). The molecule has 2 heterocycles. The van der Waals surface area contributed by atoms with Crippen LogP contribution >= 0.6 is 0 Å². The number of benzene rings is 1. The molecule has 6 N–H and O–H groups in total. The number of carboxylic acids is 2. The van der Waals surface area contributed by atoms with Gasteiger partial charge in [-0.3, -0.25) is 4.79 Å². The number of primary amides is 1. The summed E-state index contributed by atoms with van der Waals surface area (Å²) < 4.78 is 0. The summed E-state index contributed by atoms with van der Waals surface area (Å²) in [6.45, 7) is 1.93. The van der Waals surface area contributed by atoms with E-state index in [4.69, 9.17) is 15.9 Å². The number of hydrogen-bond donors (Lipinski definition) is 5. The fourth-order valence-corrected chi connectivity index (χ4v) is 2.75. The standard InChI is InChI=1S/C15H17N3O.C4H4O4/c16-15(19)8-10-1-2-14-12(7-10)13(9-18-14)11-3-5-17-6-4-11;5-3(6)1-2-4(7)8/h1-3,7,9,17-18H,4-6,8H2,(H2,16,19);1-2H,(H,5,6)(H,7,8). The third-order valence-corrected chi connectivity index (χ3v) is 3.90. The van der Waals surface area contributed by atoms with E-state index in [1.807, 2.05) is 12.1 Å². The lowest BCUT2D eigenvalue weighted by molar-refractivity contribution is -0.134. The Morgan fingerprint density at radius 3 is 2.41 bits per heavy atom. The topological polar surface area (TPSA) is 146 Å². The molecule has 1 aromatic carbocycles. The highest BCUT2D eigenvalue weighted by molar-refractivity contribution is 5.94. The molecule has 0 radical (unpaired) electrons. The fraction of sp³-hybridized carbons (Fsp3) is 0.211. The van der Waals surface area contributed by atoms with Gasteiger partial charge in [0, 0.05) is 41.4 Å². The van der Waals surface area contributed by atoms with Gasteiger partial charge in [0.15, 0.2) is 0 Å². The van der Waals surface area contributed by atoms with Gasteiger partial charge < -0.3 is 26.2 Å².